The van der Waals surface area contributed by atoms with E-state index in [9.17, 15) is 4.79 Å². The van der Waals surface area contributed by atoms with E-state index in [4.69, 9.17) is 0 Å². The smallest absolute Gasteiger partial charge is 0.320 e. The van der Waals surface area contributed by atoms with Crippen molar-refractivity contribution in [3.05, 3.63) is 0 Å². The zero-order valence-electron chi connectivity index (χ0n) is 10.1. The number of amides is 2. The first-order valence-electron chi connectivity index (χ1n) is 6.00. The Kier molecular flexibility index (Phi) is 4.88. The number of carbonyl (C=O) groups excluding carboxylic acids is 1. The van der Waals surface area contributed by atoms with Crippen LogP contribution < -0.4 is 5.32 Å². The Bertz CT molecular complexity index is 198. The van der Waals surface area contributed by atoms with Gasteiger partial charge in [0.1, 0.15) is 0 Å². The zero-order chi connectivity index (χ0) is 11.3. The number of urea groups is 1. The van der Waals surface area contributed by atoms with Crippen LogP contribution in [0, 0.1) is 0 Å². The summed E-state index contributed by atoms with van der Waals surface area (Å²) in [4.78, 5) is 16.0. The first-order chi connectivity index (χ1) is 7.24. The fraction of sp³-hybridized carbons (Fsp3) is 0.909. The van der Waals surface area contributed by atoms with E-state index in [-0.39, 0.29) is 6.03 Å². The van der Waals surface area contributed by atoms with Gasteiger partial charge in [0.25, 0.3) is 0 Å². The number of likely N-dealkylation sites (N-methyl/N-ethyl adjacent to an activating group) is 1. The molecule has 1 unspecified atom stereocenters. The number of rotatable bonds is 4. The summed E-state index contributed by atoms with van der Waals surface area (Å²) in [6.07, 6.45) is 1.08. The van der Waals surface area contributed by atoms with Gasteiger partial charge in [-0.05, 0) is 33.7 Å². The highest BCUT2D eigenvalue weighted by Gasteiger charge is 2.27. The predicted octanol–water partition coefficient (Wildman–Crippen LogP) is 1.13. The lowest BCUT2D eigenvalue weighted by Gasteiger charge is -2.32. The van der Waals surface area contributed by atoms with E-state index >= 15 is 0 Å². The van der Waals surface area contributed by atoms with Crippen molar-refractivity contribution >= 4 is 6.03 Å². The van der Waals surface area contributed by atoms with Crippen LogP contribution in [-0.2, 0) is 0 Å². The van der Waals surface area contributed by atoms with E-state index in [0.717, 1.165) is 39.1 Å². The van der Waals surface area contributed by atoms with E-state index in [1.807, 2.05) is 23.6 Å². The molecule has 1 atom stereocenters. The molecule has 0 radical (unpaired) electrons. The van der Waals surface area contributed by atoms with Gasteiger partial charge in [-0.1, -0.05) is 0 Å². The van der Waals surface area contributed by atoms with Crippen LogP contribution >= 0.6 is 0 Å². The molecule has 1 rings (SSSR count). The summed E-state index contributed by atoms with van der Waals surface area (Å²) in [6, 6.07) is 0.583. The molecule has 0 saturated carbocycles. The molecule has 88 valence electrons. The maximum atomic E-state index is 12.1. The van der Waals surface area contributed by atoms with Crippen LogP contribution in [0.4, 0.5) is 4.79 Å². The SMILES string of the molecule is CCN(CC)C(=O)N(CC)C1CCNC1. The molecule has 4 heteroatoms. The molecule has 1 heterocycles. The molecule has 2 amide bonds. The Morgan fingerprint density at radius 3 is 2.33 bits per heavy atom. The van der Waals surface area contributed by atoms with Gasteiger partial charge in [-0.3, -0.25) is 0 Å². The number of hydrogen-bond acceptors (Lipinski definition) is 2. The normalized spacial score (nSPS) is 20.3. The van der Waals surface area contributed by atoms with Gasteiger partial charge in [0.2, 0.25) is 0 Å². The van der Waals surface area contributed by atoms with Gasteiger partial charge < -0.3 is 15.1 Å². The van der Waals surface area contributed by atoms with E-state index < -0.39 is 0 Å². The molecule has 1 aliphatic heterocycles. The first-order valence-corrected chi connectivity index (χ1v) is 6.00. The standard InChI is InChI=1S/C11H23N3O/c1-4-13(5-2)11(15)14(6-3)10-7-8-12-9-10/h10,12H,4-9H2,1-3H3. The van der Waals surface area contributed by atoms with Crippen LogP contribution in [0.3, 0.4) is 0 Å². The molecule has 0 aliphatic carbocycles. The van der Waals surface area contributed by atoms with E-state index in [2.05, 4.69) is 12.2 Å². The van der Waals surface area contributed by atoms with Gasteiger partial charge in [0, 0.05) is 32.2 Å². The third-order valence-electron chi connectivity index (χ3n) is 3.10. The minimum absolute atomic E-state index is 0.191. The van der Waals surface area contributed by atoms with Gasteiger partial charge in [-0.2, -0.15) is 0 Å². The second-order valence-electron chi connectivity index (χ2n) is 3.89. The maximum absolute atomic E-state index is 12.1. The fourth-order valence-corrected chi connectivity index (χ4v) is 2.13. The van der Waals surface area contributed by atoms with Crippen LogP contribution in [0.15, 0.2) is 0 Å². The molecule has 4 nitrogen and oxygen atoms in total. The maximum Gasteiger partial charge on any atom is 0.320 e. The van der Waals surface area contributed by atoms with Crippen LogP contribution in [0.5, 0.6) is 0 Å². The minimum atomic E-state index is 0.191. The first kappa shape index (κ1) is 12.3. The van der Waals surface area contributed by atoms with E-state index in [0.29, 0.717) is 6.04 Å². The summed E-state index contributed by atoms with van der Waals surface area (Å²) in [5.41, 5.74) is 0. The van der Waals surface area contributed by atoms with Gasteiger partial charge in [-0.25, -0.2) is 4.79 Å². The molecule has 15 heavy (non-hydrogen) atoms. The van der Waals surface area contributed by atoms with Gasteiger partial charge in [0.05, 0.1) is 0 Å². The molecule has 0 bridgehead atoms. The molecule has 0 aromatic rings. The topological polar surface area (TPSA) is 35.6 Å². The highest BCUT2D eigenvalue weighted by molar-refractivity contribution is 5.74. The van der Waals surface area contributed by atoms with Crippen molar-refractivity contribution in [3.8, 4) is 0 Å². The fourth-order valence-electron chi connectivity index (χ4n) is 2.13. The zero-order valence-corrected chi connectivity index (χ0v) is 10.1. The van der Waals surface area contributed by atoms with E-state index in [1.54, 1.807) is 0 Å². The highest BCUT2D eigenvalue weighted by atomic mass is 16.2. The summed E-state index contributed by atoms with van der Waals surface area (Å²) >= 11 is 0. The van der Waals surface area contributed by atoms with Crippen molar-refractivity contribution in [2.24, 2.45) is 0 Å². The quantitative estimate of drug-likeness (QED) is 0.760. The Morgan fingerprint density at radius 1 is 1.27 bits per heavy atom. The molecule has 0 spiro atoms. The summed E-state index contributed by atoms with van der Waals surface area (Å²) in [5.74, 6) is 0. The van der Waals surface area contributed by atoms with Crippen LogP contribution in [0.1, 0.15) is 27.2 Å². The predicted molar refractivity (Wildman–Crippen MR) is 62.0 cm³/mol. The third-order valence-corrected chi connectivity index (χ3v) is 3.10. The Labute approximate surface area is 92.6 Å². The monoisotopic (exact) mass is 213 g/mol. The lowest BCUT2D eigenvalue weighted by Crippen LogP contribution is -2.48. The number of nitrogens with zero attached hydrogens (tertiary/aromatic N) is 2. The van der Waals surface area contributed by atoms with Gasteiger partial charge in [-0.15, -0.1) is 0 Å². The average molecular weight is 213 g/mol. The molecule has 1 fully saturated rings. The Balaban J connectivity index is 2.59. The largest absolute Gasteiger partial charge is 0.325 e. The average Bonchev–Trinajstić information content (AvgIpc) is 2.74. The number of hydrogen-bond donors (Lipinski definition) is 1. The van der Waals surface area contributed by atoms with Gasteiger partial charge >= 0.3 is 6.03 Å². The molecular formula is C11H23N3O. The molecule has 1 aliphatic rings. The summed E-state index contributed by atoms with van der Waals surface area (Å²) in [7, 11) is 0. The van der Waals surface area contributed by atoms with Crippen molar-refractivity contribution in [1.82, 2.24) is 15.1 Å². The highest BCUT2D eigenvalue weighted by Crippen LogP contribution is 2.11. The molecule has 1 N–H and O–H groups in total. The molecule has 1 saturated heterocycles. The molecule has 0 aromatic heterocycles. The van der Waals surface area contributed by atoms with Crippen molar-refractivity contribution < 1.29 is 4.79 Å². The number of carbonyl (C=O) groups is 1. The van der Waals surface area contributed by atoms with Crippen LogP contribution in [-0.4, -0.2) is 54.6 Å². The lowest BCUT2D eigenvalue weighted by molar-refractivity contribution is 0.143. The second kappa shape index (κ2) is 5.95. The van der Waals surface area contributed by atoms with Gasteiger partial charge in [0.15, 0.2) is 0 Å². The molecular weight excluding hydrogens is 190 g/mol. The van der Waals surface area contributed by atoms with Crippen molar-refractivity contribution in [2.45, 2.75) is 33.2 Å². The number of nitrogens with one attached hydrogen (secondary N) is 1. The summed E-state index contributed by atoms with van der Waals surface area (Å²) in [6.45, 7) is 10.5. The van der Waals surface area contributed by atoms with Crippen LogP contribution in [0.25, 0.3) is 0 Å². The third kappa shape index (κ3) is 2.84. The van der Waals surface area contributed by atoms with Crippen molar-refractivity contribution in [2.75, 3.05) is 32.7 Å². The molecule has 0 aromatic carbocycles. The van der Waals surface area contributed by atoms with Crippen molar-refractivity contribution in [1.29, 1.82) is 0 Å². The van der Waals surface area contributed by atoms with E-state index in [1.165, 1.54) is 0 Å². The second-order valence-corrected chi connectivity index (χ2v) is 3.89. The minimum Gasteiger partial charge on any atom is -0.325 e. The summed E-state index contributed by atoms with van der Waals surface area (Å²) in [5, 5.41) is 3.30. The Morgan fingerprint density at radius 2 is 1.93 bits per heavy atom. The Hall–Kier alpha value is -0.770. The summed E-state index contributed by atoms with van der Waals surface area (Å²) < 4.78 is 0. The van der Waals surface area contributed by atoms with Crippen LogP contribution in [0.2, 0.25) is 0 Å². The van der Waals surface area contributed by atoms with Crippen molar-refractivity contribution in [3.63, 3.8) is 0 Å². The lowest BCUT2D eigenvalue weighted by atomic mass is 10.2.